The van der Waals surface area contributed by atoms with Gasteiger partial charge in [-0.15, -0.1) is 0 Å². The van der Waals surface area contributed by atoms with Crippen LogP contribution in [-0.4, -0.2) is 0 Å². The fraction of sp³-hybridized carbons (Fsp3) is 0.286. The lowest BCUT2D eigenvalue weighted by Crippen LogP contribution is -2.28. The van der Waals surface area contributed by atoms with Gasteiger partial charge in [0, 0.05) is 0 Å². The molecule has 92 valence electrons. The molecule has 0 amide bonds. The summed E-state index contributed by atoms with van der Waals surface area (Å²) >= 11 is 0. The van der Waals surface area contributed by atoms with Crippen molar-refractivity contribution in [2.24, 2.45) is 5.84 Å². The van der Waals surface area contributed by atoms with Crippen LogP contribution in [0.1, 0.15) is 36.8 Å². The first-order valence-corrected chi connectivity index (χ1v) is 5.87. The second-order valence-corrected chi connectivity index (χ2v) is 3.53. The molecule has 1 unspecified atom stereocenters. The molecular formula is C14H20N2O. The summed E-state index contributed by atoms with van der Waals surface area (Å²) in [4.78, 5) is 0. The van der Waals surface area contributed by atoms with Crippen molar-refractivity contribution < 1.29 is 4.42 Å². The summed E-state index contributed by atoms with van der Waals surface area (Å²) in [6, 6.07) is 11.9. The highest BCUT2D eigenvalue weighted by Crippen LogP contribution is 2.21. The Morgan fingerprint density at radius 1 is 1.12 bits per heavy atom. The molecule has 0 spiro atoms. The summed E-state index contributed by atoms with van der Waals surface area (Å²) in [7, 11) is 0. The van der Waals surface area contributed by atoms with E-state index in [1.807, 2.05) is 38.1 Å². The zero-order valence-corrected chi connectivity index (χ0v) is 10.6. The first kappa shape index (κ1) is 13.5. The Kier molecular flexibility index (Phi) is 5.46. The van der Waals surface area contributed by atoms with Gasteiger partial charge in [0.2, 0.25) is 0 Å². The zero-order chi connectivity index (χ0) is 12.7. The molecule has 1 atom stereocenters. The second-order valence-electron chi connectivity index (χ2n) is 3.53. The average molecular weight is 232 g/mol. The first-order chi connectivity index (χ1) is 8.31. The van der Waals surface area contributed by atoms with Crippen LogP contribution < -0.4 is 11.3 Å². The molecule has 3 nitrogen and oxygen atoms in total. The van der Waals surface area contributed by atoms with Crippen molar-refractivity contribution in [1.29, 1.82) is 0 Å². The van der Waals surface area contributed by atoms with Gasteiger partial charge in [-0.25, -0.2) is 5.43 Å². The van der Waals surface area contributed by atoms with Crippen LogP contribution >= 0.6 is 0 Å². The third-order valence-corrected chi connectivity index (χ3v) is 2.41. The Morgan fingerprint density at radius 2 is 1.76 bits per heavy atom. The van der Waals surface area contributed by atoms with Gasteiger partial charge in [0.25, 0.3) is 0 Å². The minimum absolute atomic E-state index is 0.0828. The quantitative estimate of drug-likeness (QED) is 0.631. The molecule has 1 aromatic carbocycles. The molecule has 0 bridgehead atoms. The van der Waals surface area contributed by atoms with E-state index in [4.69, 9.17) is 10.3 Å². The first-order valence-electron chi connectivity index (χ1n) is 5.87. The van der Waals surface area contributed by atoms with E-state index >= 15 is 0 Å². The van der Waals surface area contributed by atoms with Gasteiger partial charge < -0.3 is 4.42 Å². The Labute approximate surface area is 103 Å². The molecule has 0 fully saturated rings. The minimum Gasteiger partial charge on any atom is -0.467 e. The normalized spacial score (nSPS) is 11.5. The van der Waals surface area contributed by atoms with Crippen LogP contribution in [0.25, 0.3) is 0 Å². The topological polar surface area (TPSA) is 51.2 Å². The fourth-order valence-corrected chi connectivity index (χ4v) is 1.56. The van der Waals surface area contributed by atoms with Crippen LogP contribution in [0.5, 0.6) is 0 Å². The van der Waals surface area contributed by atoms with Crippen molar-refractivity contribution in [1.82, 2.24) is 5.43 Å². The van der Waals surface area contributed by atoms with Gasteiger partial charge in [0.1, 0.15) is 11.8 Å². The van der Waals surface area contributed by atoms with Crippen LogP contribution in [0.3, 0.4) is 0 Å². The lowest BCUT2D eigenvalue weighted by Gasteiger charge is -2.13. The number of furan rings is 1. The SMILES string of the molecule is CC.Cc1ccc(C(NN)c2ccco2)cc1. The molecule has 0 saturated heterocycles. The molecule has 0 radical (unpaired) electrons. The highest BCUT2D eigenvalue weighted by atomic mass is 16.3. The molecule has 17 heavy (non-hydrogen) atoms. The number of hydrazine groups is 1. The van der Waals surface area contributed by atoms with Gasteiger partial charge in [-0.2, -0.15) is 0 Å². The van der Waals surface area contributed by atoms with Crippen LogP contribution in [0.4, 0.5) is 0 Å². The molecule has 3 N–H and O–H groups in total. The van der Waals surface area contributed by atoms with E-state index in [-0.39, 0.29) is 6.04 Å². The Balaban J connectivity index is 0.000000686. The highest BCUT2D eigenvalue weighted by Gasteiger charge is 2.14. The van der Waals surface area contributed by atoms with E-state index in [9.17, 15) is 0 Å². The van der Waals surface area contributed by atoms with Crippen molar-refractivity contribution in [3.05, 3.63) is 59.5 Å². The number of hydrogen-bond donors (Lipinski definition) is 2. The van der Waals surface area contributed by atoms with Crippen molar-refractivity contribution in [3.8, 4) is 0 Å². The molecule has 0 aliphatic carbocycles. The smallest absolute Gasteiger partial charge is 0.126 e. The molecule has 2 aromatic rings. The predicted octanol–water partition coefficient (Wildman–Crippen LogP) is 3.17. The van der Waals surface area contributed by atoms with Crippen molar-refractivity contribution in [2.45, 2.75) is 26.8 Å². The molecule has 1 aromatic heterocycles. The maximum Gasteiger partial charge on any atom is 0.126 e. The lowest BCUT2D eigenvalue weighted by molar-refractivity contribution is 0.452. The number of nitrogens with two attached hydrogens (primary N) is 1. The van der Waals surface area contributed by atoms with E-state index in [2.05, 4.69) is 24.5 Å². The molecular weight excluding hydrogens is 212 g/mol. The van der Waals surface area contributed by atoms with Crippen LogP contribution in [0, 0.1) is 6.92 Å². The largest absolute Gasteiger partial charge is 0.467 e. The lowest BCUT2D eigenvalue weighted by atomic mass is 10.0. The summed E-state index contributed by atoms with van der Waals surface area (Å²) < 4.78 is 5.33. The van der Waals surface area contributed by atoms with Crippen molar-refractivity contribution >= 4 is 0 Å². The van der Waals surface area contributed by atoms with E-state index in [0.29, 0.717) is 0 Å². The summed E-state index contributed by atoms with van der Waals surface area (Å²) in [5.74, 6) is 6.34. The van der Waals surface area contributed by atoms with Gasteiger partial charge in [-0.1, -0.05) is 43.7 Å². The van der Waals surface area contributed by atoms with E-state index in [0.717, 1.165) is 11.3 Å². The van der Waals surface area contributed by atoms with Crippen LogP contribution in [-0.2, 0) is 0 Å². The monoisotopic (exact) mass is 232 g/mol. The van der Waals surface area contributed by atoms with Gasteiger partial charge in [0.15, 0.2) is 0 Å². The summed E-state index contributed by atoms with van der Waals surface area (Å²) in [5.41, 5.74) is 5.07. The molecule has 0 saturated carbocycles. The Morgan fingerprint density at radius 3 is 2.24 bits per heavy atom. The number of aryl methyl sites for hydroxylation is 1. The maximum absolute atomic E-state index is 5.52. The predicted molar refractivity (Wildman–Crippen MR) is 70.4 cm³/mol. The Hall–Kier alpha value is -1.58. The summed E-state index contributed by atoms with van der Waals surface area (Å²) in [5, 5.41) is 0. The molecule has 1 heterocycles. The Bertz CT molecular complexity index is 406. The number of nitrogens with one attached hydrogen (secondary N) is 1. The fourth-order valence-electron chi connectivity index (χ4n) is 1.56. The van der Waals surface area contributed by atoms with Gasteiger partial charge in [-0.3, -0.25) is 5.84 Å². The third kappa shape index (κ3) is 3.44. The highest BCUT2D eigenvalue weighted by molar-refractivity contribution is 5.29. The van der Waals surface area contributed by atoms with Crippen LogP contribution in [0.2, 0.25) is 0 Å². The summed E-state index contributed by atoms with van der Waals surface area (Å²) in [6.07, 6.45) is 1.65. The number of hydrogen-bond acceptors (Lipinski definition) is 3. The van der Waals surface area contributed by atoms with Gasteiger partial charge in [0.05, 0.1) is 6.26 Å². The van der Waals surface area contributed by atoms with Gasteiger partial charge >= 0.3 is 0 Å². The van der Waals surface area contributed by atoms with Crippen molar-refractivity contribution in [3.63, 3.8) is 0 Å². The third-order valence-electron chi connectivity index (χ3n) is 2.41. The van der Waals surface area contributed by atoms with Crippen molar-refractivity contribution in [2.75, 3.05) is 0 Å². The standard InChI is InChI=1S/C12H14N2O.C2H6/c1-9-4-6-10(7-5-9)12(14-13)11-3-2-8-15-11;1-2/h2-8,12,14H,13H2,1H3;1-2H3. The molecule has 0 aliphatic heterocycles. The number of rotatable bonds is 3. The number of benzene rings is 1. The second kappa shape index (κ2) is 6.89. The van der Waals surface area contributed by atoms with Gasteiger partial charge in [-0.05, 0) is 24.6 Å². The average Bonchev–Trinajstić information content (AvgIpc) is 2.89. The van der Waals surface area contributed by atoms with E-state index in [1.165, 1.54) is 5.56 Å². The zero-order valence-electron chi connectivity index (χ0n) is 10.6. The van der Waals surface area contributed by atoms with E-state index in [1.54, 1.807) is 6.26 Å². The van der Waals surface area contributed by atoms with Crippen LogP contribution in [0.15, 0.2) is 47.1 Å². The molecule has 3 heteroatoms. The minimum atomic E-state index is -0.0828. The maximum atomic E-state index is 5.52. The molecule has 2 rings (SSSR count). The van der Waals surface area contributed by atoms with E-state index < -0.39 is 0 Å². The molecule has 0 aliphatic rings. The summed E-state index contributed by atoms with van der Waals surface area (Å²) in [6.45, 7) is 6.06.